The fourth-order valence-electron chi connectivity index (χ4n) is 5.15. The van der Waals surface area contributed by atoms with E-state index >= 15 is 0 Å². The van der Waals surface area contributed by atoms with Crippen LogP contribution < -0.4 is 19.5 Å². The van der Waals surface area contributed by atoms with Crippen LogP contribution in [0.4, 0.5) is 0 Å². The Morgan fingerprint density at radius 1 is 0.972 bits per heavy atom. The molecule has 36 heavy (non-hydrogen) atoms. The smallest absolute Gasteiger partial charge is 0.336 e. The largest absolute Gasteiger partial charge is 0.493 e. The number of dihydropyridines is 1. The van der Waals surface area contributed by atoms with Crippen LogP contribution in [0, 0.1) is 0 Å². The molecule has 1 heterocycles. The third kappa shape index (κ3) is 4.70. The molecule has 0 fully saturated rings. The zero-order valence-electron chi connectivity index (χ0n) is 21.6. The van der Waals surface area contributed by atoms with Gasteiger partial charge in [0.2, 0.25) is 0 Å². The minimum absolute atomic E-state index is 0.0122. The monoisotopic (exact) mass is 491 g/mol. The summed E-state index contributed by atoms with van der Waals surface area (Å²) in [6.45, 7) is 5.75. The Labute approximate surface area is 212 Å². The molecule has 190 valence electrons. The lowest BCUT2D eigenvalue weighted by atomic mass is 9.71. The number of carbonyl (C=O) groups excluding carboxylic acids is 2. The van der Waals surface area contributed by atoms with Crippen LogP contribution in [0.25, 0.3) is 0 Å². The summed E-state index contributed by atoms with van der Waals surface area (Å²) in [6, 6.07) is 13.3. The quantitative estimate of drug-likeness (QED) is 0.544. The molecule has 0 amide bonds. The number of nitrogens with one attached hydrogen (secondary N) is 1. The van der Waals surface area contributed by atoms with Crippen LogP contribution in [0.3, 0.4) is 0 Å². The Bertz CT molecular complexity index is 1240. The van der Waals surface area contributed by atoms with Crippen molar-refractivity contribution in [2.24, 2.45) is 0 Å². The summed E-state index contributed by atoms with van der Waals surface area (Å²) in [4.78, 5) is 26.8. The number of hydrogen-bond acceptors (Lipinski definition) is 7. The summed E-state index contributed by atoms with van der Waals surface area (Å²) in [5.41, 5.74) is 4.28. The number of methoxy groups -OCH3 is 3. The van der Waals surface area contributed by atoms with E-state index in [1.54, 1.807) is 14.2 Å². The van der Waals surface area contributed by atoms with Crippen molar-refractivity contribution in [3.63, 3.8) is 0 Å². The van der Waals surface area contributed by atoms with Crippen molar-refractivity contribution in [3.05, 3.63) is 76.1 Å². The van der Waals surface area contributed by atoms with E-state index in [1.807, 2.05) is 63.2 Å². The Kier molecular flexibility index (Phi) is 7.38. The third-order valence-electron chi connectivity index (χ3n) is 6.70. The molecular formula is C29H33NO6. The third-order valence-corrected chi connectivity index (χ3v) is 6.70. The first-order valence-corrected chi connectivity index (χ1v) is 12.1. The molecular weight excluding hydrogens is 458 g/mol. The Morgan fingerprint density at radius 3 is 2.36 bits per heavy atom. The van der Waals surface area contributed by atoms with E-state index in [-0.39, 0.29) is 17.8 Å². The number of ketones is 1. The van der Waals surface area contributed by atoms with E-state index in [2.05, 4.69) is 5.32 Å². The fourth-order valence-corrected chi connectivity index (χ4v) is 5.15. The molecule has 0 radical (unpaired) electrons. The van der Waals surface area contributed by atoms with Gasteiger partial charge in [0, 0.05) is 29.0 Å². The van der Waals surface area contributed by atoms with Crippen LogP contribution in [0.5, 0.6) is 17.2 Å². The summed E-state index contributed by atoms with van der Waals surface area (Å²) in [6.07, 6.45) is 0.865. The van der Waals surface area contributed by atoms with E-state index in [0.717, 1.165) is 16.8 Å². The second-order valence-corrected chi connectivity index (χ2v) is 9.33. The van der Waals surface area contributed by atoms with Gasteiger partial charge in [-0.1, -0.05) is 24.3 Å². The number of ether oxygens (including phenoxy) is 4. The fraction of sp³-hybridized carbons (Fsp3) is 0.379. The maximum Gasteiger partial charge on any atom is 0.336 e. The zero-order chi connectivity index (χ0) is 26.0. The van der Waals surface area contributed by atoms with E-state index < -0.39 is 11.9 Å². The van der Waals surface area contributed by atoms with Crippen LogP contribution in [0.15, 0.2) is 65.0 Å². The van der Waals surface area contributed by atoms with Crippen LogP contribution >= 0.6 is 0 Å². The SMILES string of the molecule is COC(=O)C1=C(C)NC2=C(C(=O)C[C@@H](c3ccc(OC)c(OC)c3)C2)[C@H]1c1ccccc1OC(C)C. The molecule has 1 N–H and O–H groups in total. The average Bonchev–Trinajstić information content (AvgIpc) is 2.86. The Morgan fingerprint density at radius 2 is 1.69 bits per heavy atom. The minimum Gasteiger partial charge on any atom is -0.493 e. The van der Waals surface area contributed by atoms with Crippen LogP contribution in [0.2, 0.25) is 0 Å². The normalized spacial score (nSPS) is 19.6. The van der Waals surface area contributed by atoms with E-state index in [9.17, 15) is 9.59 Å². The van der Waals surface area contributed by atoms with Gasteiger partial charge in [-0.15, -0.1) is 0 Å². The number of rotatable bonds is 7. The molecule has 2 aliphatic rings. The highest BCUT2D eigenvalue weighted by atomic mass is 16.5. The Hall–Kier alpha value is -3.74. The van der Waals surface area contributed by atoms with Gasteiger partial charge >= 0.3 is 5.97 Å². The van der Waals surface area contributed by atoms with Gasteiger partial charge in [0.05, 0.1) is 38.9 Å². The maximum absolute atomic E-state index is 13.8. The molecule has 0 aromatic heterocycles. The van der Waals surface area contributed by atoms with E-state index in [0.29, 0.717) is 46.9 Å². The topological polar surface area (TPSA) is 83.1 Å². The molecule has 2 aromatic rings. The lowest BCUT2D eigenvalue weighted by Crippen LogP contribution is -2.36. The molecule has 0 saturated heterocycles. The van der Waals surface area contributed by atoms with Gasteiger partial charge < -0.3 is 24.3 Å². The van der Waals surface area contributed by atoms with E-state index in [4.69, 9.17) is 18.9 Å². The van der Waals surface area contributed by atoms with Gasteiger partial charge in [-0.3, -0.25) is 4.79 Å². The van der Waals surface area contributed by atoms with Crippen molar-refractivity contribution < 1.29 is 28.5 Å². The van der Waals surface area contributed by atoms with Crippen molar-refractivity contribution in [1.82, 2.24) is 5.32 Å². The lowest BCUT2D eigenvalue weighted by Gasteiger charge is -2.37. The van der Waals surface area contributed by atoms with Gasteiger partial charge in [-0.2, -0.15) is 0 Å². The number of hydrogen-bond donors (Lipinski definition) is 1. The maximum atomic E-state index is 13.8. The number of esters is 1. The first kappa shape index (κ1) is 25.4. The molecule has 0 unspecified atom stereocenters. The summed E-state index contributed by atoms with van der Waals surface area (Å²) in [5.74, 6) is 0.812. The summed E-state index contributed by atoms with van der Waals surface area (Å²) in [7, 11) is 4.55. The minimum atomic E-state index is -0.581. The first-order chi connectivity index (χ1) is 17.3. The van der Waals surface area contributed by atoms with Crippen molar-refractivity contribution in [2.45, 2.75) is 51.6 Å². The number of allylic oxidation sites excluding steroid dienone is 3. The van der Waals surface area contributed by atoms with Gasteiger partial charge in [0.25, 0.3) is 0 Å². The lowest BCUT2D eigenvalue weighted by molar-refractivity contribution is -0.136. The summed E-state index contributed by atoms with van der Waals surface area (Å²) < 4.78 is 22.1. The highest BCUT2D eigenvalue weighted by Crippen LogP contribution is 2.48. The number of Topliss-reactive ketones (excluding diaryl/α,β-unsaturated/α-hetero) is 1. The van der Waals surface area contributed by atoms with Crippen molar-refractivity contribution >= 4 is 11.8 Å². The molecule has 7 heteroatoms. The van der Waals surface area contributed by atoms with Crippen molar-refractivity contribution in [1.29, 1.82) is 0 Å². The van der Waals surface area contributed by atoms with Gasteiger partial charge in [0.1, 0.15) is 5.75 Å². The molecule has 2 aromatic carbocycles. The van der Waals surface area contributed by atoms with Crippen LogP contribution in [-0.2, 0) is 14.3 Å². The molecule has 0 spiro atoms. The summed E-state index contributed by atoms with van der Waals surface area (Å²) >= 11 is 0. The van der Waals surface area contributed by atoms with Gasteiger partial charge in [-0.05, 0) is 56.9 Å². The predicted octanol–water partition coefficient (Wildman–Crippen LogP) is 5.03. The Balaban J connectivity index is 1.81. The summed E-state index contributed by atoms with van der Waals surface area (Å²) in [5, 5.41) is 3.37. The van der Waals surface area contributed by atoms with Crippen LogP contribution in [-0.4, -0.2) is 39.2 Å². The van der Waals surface area contributed by atoms with Crippen LogP contribution in [0.1, 0.15) is 56.6 Å². The van der Waals surface area contributed by atoms with Crippen molar-refractivity contribution in [2.75, 3.05) is 21.3 Å². The number of para-hydroxylation sites is 1. The molecule has 4 rings (SSSR count). The second kappa shape index (κ2) is 10.5. The average molecular weight is 492 g/mol. The van der Waals surface area contributed by atoms with Gasteiger partial charge in [0.15, 0.2) is 17.3 Å². The molecule has 2 atom stereocenters. The van der Waals surface area contributed by atoms with Gasteiger partial charge in [-0.25, -0.2) is 4.79 Å². The molecule has 1 aliphatic heterocycles. The highest BCUT2D eigenvalue weighted by Gasteiger charge is 2.42. The first-order valence-electron chi connectivity index (χ1n) is 12.1. The molecule has 0 saturated carbocycles. The number of carbonyl (C=O) groups is 2. The second-order valence-electron chi connectivity index (χ2n) is 9.33. The standard InChI is InChI=1S/C29H33NO6/c1-16(2)36-23-10-8-7-9-20(23)27-26(29(32)35-6)17(3)30-21-13-19(14-22(31)28(21)27)18-11-12-24(33-4)25(15-18)34-5/h7-12,15-16,19,27,30H,13-14H2,1-6H3/t19-,27-/m0/s1. The highest BCUT2D eigenvalue weighted by molar-refractivity contribution is 6.04. The molecule has 7 nitrogen and oxygen atoms in total. The zero-order valence-corrected chi connectivity index (χ0v) is 21.6. The van der Waals surface area contributed by atoms with E-state index in [1.165, 1.54) is 7.11 Å². The predicted molar refractivity (Wildman–Crippen MR) is 136 cm³/mol. The van der Waals surface area contributed by atoms with Crippen molar-refractivity contribution in [3.8, 4) is 17.2 Å². The molecule has 0 bridgehead atoms. The molecule has 1 aliphatic carbocycles. The number of benzene rings is 2.